The van der Waals surface area contributed by atoms with E-state index in [1.165, 1.54) is 0 Å². The van der Waals surface area contributed by atoms with Crippen molar-refractivity contribution >= 4 is 22.0 Å². The van der Waals surface area contributed by atoms with Gasteiger partial charge in [-0.05, 0) is 28.1 Å². The maximum atomic E-state index is 5.80. The first-order valence-electron chi connectivity index (χ1n) is 4.55. The van der Waals surface area contributed by atoms with E-state index in [0.29, 0.717) is 0 Å². The molecule has 2 heteroatoms. The zero-order valence-electron chi connectivity index (χ0n) is 7.74. The molecule has 1 unspecified atom stereocenters. The Morgan fingerprint density at radius 1 is 1.50 bits per heavy atom. The van der Waals surface area contributed by atoms with Gasteiger partial charge in [0.2, 0.25) is 0 Å². The van der Waals surface area contributed by atoms with Crippen LogP contribution in [0.4, 0.5) is 0 Å². The zero-order chi connectivity index (χ0) is 9.97. The molecule has 0 aliphatic carbocycles. The Kier molecular flexibility index (Phi) is 2.73. The summed E-state index contributed by atoms with van der Waals surface area (Å²) in [7, 11) is 0. The molecule has 0 spiro atoms. The van der Waals surface area contributed by atoms with Crippen molar-refractivity contribution in [2.75, 3.05) is 0 Å². The van der Waals surface area contributed by atoms with Crippen LogP contribution in [-0.4, -0.2) is 6.10 Å². The molecular weight excluding hydrogens is 240 g/mol. The Hall–Kier alpha value is -1.02. The SMILES string of the molecule is C=CCC1C=Cc2cccc(Br)c2O1. The summed E-state index contributed by atoms with van der Waals surface area (Å²) in [5, 5.41) is 0. The van der Waals surface area contributed by atoms with Gasteiger partial charge in [-0.1, -0.05) is 24.3 Å². The molecule has 72 valence electrons. The molecule has 1 nitrogen and oxygen atoms in total. The van der Waals surface area contributed by atoms with Crippen molar-refractivity contribution in [3.63, 3.8) is 0 Å². The van der Waals surface area contributed by atoms with Crippen molar-refractivity contribution in [1.29, 1.82) is 0 Å². The van der Waals surface area contributed by atoms with Gasteiger partial charge in [-0.25, -0.2) is 0 Å². The first-order valence-corrected chi connectivity index (χ1v) is 5.35. The summed E-state index contributed by atoms with van der Waals surface area (Å²) in [6, 6.07) is 6.04. The molecular formula is C12H11BrO. The average Bonchev–Trinajstić information content (AvgIpc) is 2.20. The minimum atomic E-state index is 0.124. The van der Waals surface area contributed by atoms with Gasteiger partial charge >= 0.3 is 0 Å². The molecule has 0 saturated heterocycles. The van der Waals surface area contributed by atoms with E-state index in [-0.39, 0.29) is 6.10 Å². The van der Waals surface area contributed by atoms with E-state index in [9.17, 15) is 0 Å². The van der Waals surface area contributed by atoms with E-state index in [4.69, 9.17) is 4.74 Å². The standard InChI is InChI=1S/C12H11BrO/c1-2-4-10-8-7-9-5-3-6-11(13)12(9)14-10/h2-3,5-8,10H,1,4H2. The summed E-state index contributed by atoms with van der Waals surface area (Å²) in [5.41, 5.74) is 1.12. The molecule has 0 saturated carbocycles. The monoisotopic (exact) mass is 250 g/mol. The fraction of sp³-hybridized carbons (Fsp3) is 0.167. The van der Waals surface area contributed by atoms with Crippen LogP contribution < -0.4 is 4.74 Å². The molecule has 0 aromatic heterocycles. The predicted octanol–water partition coefficient (Wildman–Crippen LogP) is 3.80. The van der Waals surface area contributed by atoms with Crippen LogP contribution in [0.1, 0.15) is 12.0 Å². The topological polar surface area (TPSA) is 9.23 Å². The first-order chi connectivity index (χ1) is 6.81. The summed E-state index contributed by atoms with van der Waals surface area (Å²) in [6.07, 6.45) is 7.00. The number of hydrogen-bond acceptors (Lipinski definition) is 1. The van der Waals surface area contributed by atoms with Crippen molar-refractivity contribution in [3.05, 3.63) is 47.0 Å². The van der Waals surface area contributed by atoms with Crippen LogP contribution in [0, 0.1) is 0 Å². The zero-order valence-corrected chi connectivity index (χ0v) is 9.33. The van der Waals surface area contributed by atoms with Gasteiger partial charge in [-0.2, -0.15) is 0 Å². The van der Waals surface area contributed by atoms with Gasteiger partial charge in [0.05, 0.1) is 4.47 Å². The first kappa shape index (κ1) is 9.53. The summed E-state index contributed by atoms with van der Waals surface area (Å²) >= 11 is 3.48. The second-order valence-corrected chi connectivity index (χ2v) is 4.05. The number of fused-ring (bicyclic) bond motifs is 1. The highest BCUT2D eigenvalue weighted by atomic mass is 79.9. The number of halogens is 1. The molecule has 1 heterocycles. The molecule has 0 radical (unpaired) electrons. The van der Waals surface area contributed by atoms with Crippen LogP contribution in [0.15, 0.2) is 41.4 Å². The normalized spacial score (nSPS) is 18.5. The maximum absolute atomic E-state index is 5.80. The van der Waals surface area contributed by atoms with Gasteiger partial charge in [0.25, 0.3) is 0 Å². The number of rotatable bonds is 2. The van der Waals surface area contributed by atoms with E-state index in [2.05, 4.69) is 34.7 Å². The summed E-state index contributed by atoms with van der Waals surface area (Å²) in [6.45, 7) is 3.71. The molecule has 14 heavy (non-hydrogen) atoms. The largest absolute Gasteiger partial charge is 0.484 e. The molecule has 0 N–H and O–H groups in total. The van der Waals surface area contributed by atoms with Crippen LogP contribution in [-0.2, 0) is 0 Å². The van der Waals surface area contributed by atoms with Gasteiger partial charge in [0.15, 0.2) is 0 Å². The molecule has 2 rings (SSSR count). The average molecular weight is 251 g/mol. The smallest absolute Gasteiger partial charge is 0.141 e. The van der Waals surface area contributed by atoms with E-state index in [1.54, 1.807) is 0 Å². The summed E-state index contributed by atoms with van der Waals surface area (Å²) < 4.78 is 6.81. The third-order valence-electron chi connectivity index (χ3n) is 2.16. The number of para-hydroxylation sites is 1. The van der Waals surface area contributed by atoms with Crippen molar-refractivity contribution in [3.8, 4) is 5.75 Å². The molecule has 0 amide bonds. The third kappa shape index (κ3) is 1.75. The molecule has 1 aromatic rings. The Morgan fingerprint density at radius 3 is 3.14 bits per heavy atom. The van der Waals surface area contributed by atoms with Gasteiger partial charge in [-0.15, -0.1) is 6.58 Å². The Balaban J connectivity index is 2.32. The highest BCUT2D eigenvalue weighted by Gasteiger charge is 2.15. The fourth-order valence-corrected chi connectivity index (χ4v) is 1.95. The van der Waals surface area contributed by atoms with E-state index < -0.39 is 0 Å². The summed E-state index contributed by atoms with van der Waals surface area (Å²) in [5.74, 6) is 0.932. The Labute approximate surface area is 92.2 Å². The predicted molar refractivity (Wildman–Crippen MR) is 62.4 cm³/mol. The van der Waals surface area contributed by atoms with Crippen molar-refractivity contribution in [2.24, 2.45) is 0 Å². The molecule has 1 aliphatic heterocycles. The molecule has 0 fully saturated rings. The number of benzene rings is 1. The molecule has 1 aromatic carbocycles. The van der Waals surface area contributed by atoms with Crippen molar-refractivity contribution < 1.29 is 4.74 Å². The fourth-order valence-electron chi connectivity index (χ4n) is 1.47. The molecule has 1 atom stereocenters. The molecule has 0 bridgehead atoms. The second-order valence-electron chi connectivity index (χ2n) is 3.20. The lowest BCUT2D eigenvalue weighted by atomic mass is 10.1. The minimum Gasteiger partial charge on any atom is -0.484 e. The van der Waals surface area contributed by atoms with Crippen LogP contribution in [0.5, 0.6) is 5.75 Å². The highest BCUT2D eigenvalue weighted by molar-refractivity contribution is 9.10. The lowest BCUT2D eigenvalue weighted by molar-refractivity contribution is 0.248. The van der Waals surface area contributed by atoms with Crippen LogP contribution in [0.25, 0.3) is 6.08 Å². The van der Waals surface area contributed by atoms with Crippen LogP contribution in [0.2, 0.25) is 0 Å². The van der Waals surface area contributed by atoms with Gasteiger partial charge in [-0.3, -0.25) is 0 Å². The van der Waals surface area contributed by atoms with Crippen LogP contribution >= 0.6 is 15.9 Å². The summed E-state index contributed by atoms with van der Waals surface area (Å²) in [4.78, 5) is 0. The van der Waals surface area contributed by atoms with E-state index in [1.807, 2.05) is 24.3 Å². The Morgan fingerprint density at radius 2 is 2.36 bits per heavy atom. The second kappa shape index (κ2) is 4.01. The third-order valence-corrected chi connectivity index (χ3v) is 2.78. The Bertz CT molecular complexity index is 382. The van der Waals surface area contributed by atoms with Crippen LogP contribution in [0.3, 0.4) is 0 Å². The van der Waals surface area contributed by atoms with Crippen molar-refractivity contribution in [1.82, 2.24) is 0 Å². The van der Waals surface area contributed by atoms with E-state index in [0.717, 1.165) is 22.2 Å². The lowest BCUT2D eigenvalue weighted by Crippen LogP contribution is -2.16. The highest BCUT2D eigenvalue weighted by Crippen LogP contribution is 2.34. The quantitative estimate of drug-likeness (QED) is 0.726. The number of hydrogen-bond donors (Lipinski definition) is 0. The van der Waals surface area contributed by atoms with Gasteiger partial charge in [0.1, 0.15) is 11.9 Å². The minimum absolute atomic E-state index is 0.124. The van der Waals surface area contributed by atoms with Gasteiger partial charge in [0, 0.05) is 12.0 Å². The number of ether oxygens (including phenoxy) is 1. The van der Waals surface area contributed by atoms with Gasteiger partial charge < -0.3 is 4.74 Å². The molecule has 1 aliphatic rings. The van der Waals surface area contributed by atoms with Crippen molar-refractivity contribution in [2.45, 2.75) is 12.5 Å². The lowest BCUT2D eigenvalue weighted by Gasteiger charge is -2.21. The maximum Gasteiger partial charge on any atom is 0.141 e. The van der Waals surface area contributed by atoms with E-state index >= 15 is 0 Å².